The molecule has 2 rings (SSSR count). The van der Waals surface area contributed by atoms with Gasteiger partial charge in [0.15, 0.2) is 11.5 Å². The van der Waals surface area contributed by atoms with Gasteiger partial charge in [-0.15, -0.1) is 11.8 Å². The zero-order valence-electron chi connectivity index (χ0n) is 9.26. The van der Waals surface area contributed by atoms with Crippen molar-refractivity contribution in [1.29, 1.82) is 0 Å². The van der Waals surface area contributed by atoms with Crippen LogP contribution in [0.3, 0.4) is 0 Å². The van der Waals surface area contributed by atoms with Crippen molar-refractivity contribution < 1.29 is 13.7 Å². The molecule has 1 aromatic carbocycles. The summed E-state index contributed by atoms with van der Waals surface area (Å²) in [4.78, 5) is 0. The molecule has 0 spiro atoms. The molecule has 0 radical (unpaired) electrons. The smallest absolute Gasteiger partial charge is 0.161 e. The van der Waals surface area contributed by atoms with Crippen LogP contribution in [0, 0.1) is 0 Å². The van der Waals surface area contributed by atoms with Crippen molar-refractivity contribution >= 4 is 22.6 Å². The molecule has 1 aromatic rings. The van der Waals surface area contributed by atoms with Gasteiger partial charge in [-0.05, 0) is 17.7 Å². The summed E-state index contributed by atoms with van der Waals surface area (Å²) in [6, 6.07) is 5.74. The molecule has 2 unspecified atom stereocenters. The average molecular weight is 258 g/mol. The van der Waals surface area contributed by atoms with Crippen LogP contribution in [0.1, 0.15) is 10.1 Å². The molecule has 0 aromatic heterocycles. The van der Waals surface area contributed by atoms with E-state index >= 15 is 0 Å². The first-order chi connectivity index (χ1) is 7.76. The summed E-state index contributed by atoms with van der Waals surface area (Å²) in [6.07, 6.45) is 0. The normalized spacial score (nSPS) is 24.4. The molecular formula is C11H14O3S2. The van der Waals surface area contributed by atoms with Gasteiger partial charge in [0.05, 0.1) is 14.2 Å². The second-order valence-electron chi connectivity index (χ2n) is 3.40. The first-order valence-electron chi connectivity index (χ1n) is 4.97. The minimum absolute atomic E-state index is 0.0832. The standard InChI is InChI=1S/C11H14O3S2/c1-13-9-4-3-8(7-10(9)14-2)11-15-5-6-16(11)12/h3-4,7,11H,5-6H2,1-2H3. The molecule has 0 N–H and O–H groups in total. The van der Waals surface area contributed by atoms with Gasteiger partial charge in [-0.2, -0.15) is 0 Å². The zero-order chi connectivity index (χ0) is 11.5. The lowest BCUT2D eigenvalue weighted by atomic mass is 10.2. The molecule has 0 aliphatic carbocycles. The maximum Gasteiger partial charge on any atom is 0.161 e. The van der Waals surface area contributed by atoms with Crippen molar-refractivity contribution in [2.24, 2.45) is 0 Å². The number of hydrogen-bond acceptors (Lipinski definition) is 4. The minimum atomic E-state index is -0.764. The van der Waals surface area contributed by atoms with E-state index in [2.05, 4.69) is 0 Å². The number of thioether (sulfide) groups is 1. The Morgan fingerprint density at radius 1 is 1.31 bits per heavy atom. The van der Waals surface area contributed by atoms with Gasteiger partial charge in [0.25, 0.3) is 0 Å². The highest BCUT2D eigenvalue weighted by Gasteiger charge is 2.26. The molecule has 0 bridgehead atoms. The second-order valence-corrected chi connectivity index (χ2v) is 6.55. The number of hydrogen-bond donors (Lipinski definition) is 0. The van der Waals surface area contributed by atoms with Gasteiger partial charge >= 0.3 is 0 Å². The Morgan fingerprint density at radius 2 is 2.06 bits per heavy atom. The fourth-order valence-corrected chi connectivity index (χ4v) is 5.11. The topological polar surface area (TPSA) is 35.5 Å². The molecule has 1 aliphatic rings. The molecule has 88 valence electrons. The molecule has 1 fully saturated rings. The van der Waals surface area contributed by atoms with Crippen LogP contribution in [-0.2, 0) is 10.8 Å². The highest BCUT2D eigenvalue weighted by Crippen LogP contribution is 2.40. The SMILES string of the molecule is COc1ccc(C2SCCS2=O)cc1OC. The Bertz CT molecular complexity index is 406. The molecule has 1 heterocycles. The summed E-state index contributed by atoms with van der Waals surface area (Å²) >= 11 is 1.74. The third kappa shape index (κ3) is 2.20. The Hall–Kier alpha value is -0.680. The molecule has 2 atom stereocenters. The van der Waals surface area contributed by atoms with Crippen LogP contribution in [-0.4, -0.2) is 29.9 Å². The fraction of sp³-hybridized carbons (Fsp3) is 0.455. The van der Waals surface area contributed by atoms with Crippen molar-refractivity contribution in [3.63, 3.8) is 0 Å². The second kappa shape index (κ2) is 5.10. The molecule has 3 nitrogen and oxygen atoms in total. The predicted molar refractivity (Wildman–Crippen MR) is 67.8 cm³/mol. The summed E-state index contributed by atoms with van der Waals surface area (Å²) in [6.45, 7) is 0. The Labute approximate surface area is 102 Å². The van der Waals surface area contributed by atoms with E-state index in [1.807, 2.05) is 18.2 Å². The Morgan fingerprint density at radius 3 is 2.62 bits per heavy atom. The maximum atomic E-state index is 11.7. The first-order valence-corrected chi connectivity index (χ1v) is 7.40. The van der Waals surface area contributed by atoms with Gasteiger partial charge in [-0.25, -0.2) is 0 Å². The van der Waals surface area contributed by atoms with Crippen molar-refractivity contribution in [2.45, 2.75) is 4.58 Å². The maximum absolute atomic E-state index is 11.7. The van der Waals surface area contributed by atoms with Gasteiger partial charge in [0, 0.05) is 22.3 Å². The lowest BCUT2D eigenvalue weighted by Crippen LogP contribution is -1.99. The van der Waals surface area contributed by atoms with Crippen LogP contribution in [0.2, 0.25) is 0 Å². The van der Waals surface area contributed by atoms with Crippen molar-refractivity contribution in [3.8, 4) is 11.5 Å². The summed E-state index contributed by atoms with van der Waals surface area (Å²) in [5.74, 6) is 3.15. The van der Waals surface area contributed by atoms with Gasteiger partial charge < -0.3 is 9.47 Å². The van der Waals surface area contributed by atoms with Crippen molar-refractivity contribution in [1.82, 2.24) is 0 Å². The van der Waals surface area contributed by atoms with E-state index in [1.165, 1.54) is 0 Å². The lowest BCUT2D eigenvalue weighted by molar-refractivity contribution is 0.354. The quantitative estimate of drug-likeness (QED) is 0.832. The molecule has 1 aliphatic heterocycles. The molecule has 5 heteroatoms. The average Bonchev–Trinajstić information content (AvgIpc) is 2.74. The number of rotatable bonds is 3. The van der Waals surface area contributed by atoms with E-state index < -0.39 is 10.8 Å². The Balaban J connectivity index is 2.32. The van der Waals surface area contributed by atoms with Crippen LogP contribution in [0.4, 0.5) is 0 Å². The monoisotopic (exact) mass is 258 g/mol. The third-order valence-electron chi connectivity index (χ3n) is 2.47. The molecule has 16 heavy (non-hydrogen) atoms. The number of benzene rings is 1. The fourth-order valence-electron chi connectivity index (χ4n) is 1.67. The van der Waals surface area contributed by atoms with E-state index in [1.54, 1.807) is 26.0 Å². The highest BCUT2D eigenvalue weighted by molar-refractivity contribution is 8.13. The third-order valence-corrected chi connectivity index (χ3v) is 6.15. The van der Waals surface area contributed by atoms with Gasteiger partial charge in [-0.1, -0.05) is 6.07 Å². The number of methoxy groups -OCH3 is 2. The van der Waals surface area contributed by atoms with Crippen LogP contribution in [0.15, 0.2) is 18.2 Å². The van der Waals surface area contributed by atoms with E-state index in [0.717, 1.165) is 17.1 Å². The molecule has 1 saturated heterocycles. The van der Waals surface area contributed by atoms with Crippen LogP contribution >= 0.6 is 11.8 Å². The molecule has 0 amide bonds. The van der Waals surface area contributed by atoms with Crippen molar-refractivity contribution in [3.05, 3.63) is 23.8 Å². The largest absolute Gasteiger partial charge is 0.493 e. The summed E-state index contributed by atoms with van der Waals surface area (Å²) < 4.78 is 22.2. The zero-order valence-corrected chi connectivity index (χ0v) is 10.9. The minimum Gasteiger partial charge on any atom is -0.493 e. The van der Waals surface area contributed by atoms with Crippen LogP contribution in [0.25, 0.3) is 0 Å². The highest BCUT2D eigenvalue weighted by atomic mass is 32.2. The predicted octanol–water partition coefficient (Wildman–Crippen LogP) is 2.20. The molecular weight excluding hydrogens is 244 g/mol. The van der Waals surface area contributed by atoms with Gasteiger partial charge in [-0.3, -0.25) is 4.21 Å². The van der Waals surface area contributed by atoms with Crippen LogP contribution in [0.5, 0.6) is 11.5 Å². The van der Waals surface area contributed by atoms with E-state index in [9.17, 15) is 4.21 Å². The van der Waals surface area contributed by atoms with E-state index in [4.69, 9.17) is 9.47 Å². The summed E-state index contributed by atoms with van der Waals surface area (Å²) in [5, 5.41) is 0. The lowest BCUT2D eigenvalue weighted by Gasteiger charge is -2.12. The van der Waals surface area contributed by atoms with E-state index in [0.29, 0.717) is 11.5 Å². The van der Waals surface area contributed by atoms with Gasteiger partial charge in [0.1, 0.15) is 4.58 Å². The van der Waals surface area contributed by atoms with Crippen molar-refractivity contribution in [2.75, 3.05) is 25.7 Å². The summed E-state index contributed by atoms with van der Waals surface area (Å²) in [7, 11) is 2.46. The summed E-state index contributed by atoms with van der Waals surface area (Å²) in [5.41, 5.74) is 1.05. The van der Waals surface area contributed by atoms with Gasteiger partial charge in [0.2, 0.25) is 0 Å². The number of ether oxygens (including phenoxy) is 2. The van der Waals surface area contributed by atoms with E-state index in [-0.39, 0.29) is 4.58 Å². The Kier molecular flexibility index (Phi) is 3.76. The molecule has 0 saturated carbocycles. The first kappa shape index (κ1) is 11.8. The van der Waals surface area contributed by atoms with Crippen LogP contribution < -0.4 is 9.47 Å².